The molecule has 138 valence electrons. The first-order valence-electron chi connectivity index (χ1n) is 8.48. The van der Waals surface area contributed by atoms with E-state index in [1.54, 1.807) is 11.3 Å². The number of aromatic nitrogens is 1. The molecule has 0 saturated heterocycles. The maximum atomic E-state index is 12.6. The van der Waals surface area contributed by atoms with E-state index in [2.05, 4.69) is 4.98 Å². The predicted octanol–water partition coefficient (Wildman–Crippen LogP) is 5.51. The number of thiazole rings is 1. The van der Waals surface area contributed by atoms with Gasteiger partial charge in [-0.2, -0.15) is 11.3 Å². The molecule has 7 heteroatoms. The summed E-state index contributed by atoms with van der Waals surface area (Å²) in [5.41, 5.74) is 3.16. The Balaban J connectivity index is 1.51. The van der Waals surface area contributed by atoms with Crippen molar-refractivity contribution in [3.63, 3.8) is 0 Å². The molecule has 0 unspecified atom stereocenters. The number of rotatable bonds is 7. The van der Waals surface area contributed by atoms with Crippen molar-refractivity contribution in [3.8, 4) is 10.6 Å². The first kappa shape index (κ1) is 17.9. The summed E-state index contributed by atoms with van der Waals surface area (Å²) in [6.07, 6.45) is 0. The van der Waals surface area contributed by atoms with E-state index in [0.717, 1.165) is 27.2 Å². The van der Waals surface area contributed by atoms with Crippen LogP contribution in [0, 0.1) is 0 Å². The molecule has 0 fully saturated rings. The van der Waals surface area contributed by atoms with Crippen molar-refractivity contribution in [2.24, 2.45) is 0 Å². The standard InChI is InChI=1S/C20H17NO4S2/c1-2-23-10-16-15-5-3-4-6-17(15)25-18(16)20(22)24-9-14-12-27-19(21-14)13-7-8-26-11-13/h3-8,11-12H,2,9-10H2,1H3. The summed E-state index contributed by atoms with van der Waals surface area (Å²) in [6, 6.07) is 9.54. The fraction of sp³-hybridized carbons (Fsp3) is 0.200. The number of hydrogen-bond acceptors (Lipinski definition) is 7. The molecule has 4 aromatic rings. The Labute approximate surface area is 164 Å². The van der Waals surface area contributed by atoms with Gasteiger partial charge in [0, 0.05) is 33.9 Å². The van der Waals surface area contributed by atoms with Gasteiger partial charge in [-0.3, -0.25) is 0 Å². The van der Waals surface area contributed by atoms with Crippen molar-refractivity contribution < 1.29 is 18.7 Å². The van der Waals surface area contributed by atoms with Crippen LogP contribution in [0.4, 0.5) is 0 Å². The lowest BCUT2D eigenvalue weighted by atomic mass is 10.1. The molecular weight excluding hydrogens is 382 g/mol. The van der Waals surface area contributed by atoms with Crippen LogP contribution in [0.15, 0.2) is 50.9 Å². The SMILES string of the molecule is CCOCc1c(C(=O)OCc2csc(-c3ccsc3)n2)oc2ccccc12. The summed E-state index contributed by atoms with van der Waals surface area (Å²) in [5, 5.41) is 7.75. The average molecular weight is 399 g/mol. The van der Waals surface area contributed by atoms with Crippen molar-refractivity contribution >= 4 is 39.6 Å². The average Bonchev–Trinajstić information content (AvgIpc) is 3.43. The highest BCUT2D eigenvalue weighted by molar-refractivity contribution is 7.14. The minimum absolute atomic E-state index is 0.102. The molecule has 3 heterocycles. The number of hydrogen-bond donors (Lipinski definition) is 0. The van der Waals surface area contributed by atoms with Crippen LogP contribution in [-0.2, 0) is 22.7 Å². The predicted molar refractivity (Wildman–Crippen MR) is 106 cm³/mol. The Kier molecular flexibility index (Phi) is 5.33. The number of carbonyl (C=O) groups excluding carboxylic acids is 1. The van der Waals surface area contributed by atoms with Crippen molar-refractivity contribution in [2.75, 3.05) is 6.61 Å². The summed E-state index contributed by atoms with van der Waals surface area (Å²) in [4.78, 5) is 17.1. The number of esters is 1. The van der Waals surface area contributed by atoms with Gasteiger partial charge < -0.3 is 13.9 Å². The van der Waals surface area contributed by atoms with Gasteiger partial charge in [0.1, 0.15) is 17.2 Å². The molecule has 1 aromatic carbocycles. The molecule has 5 nitrogen and oxygen atoms in total. The van der Waals surface area contributed by atoms with E-state index >= 15 is 0 Å². The summed E-state index contributed by atoms with van der Waals surface area (Å²) < 4.78 is 16.7. The number of fused-ring (bicyclic) bond motifs is 1. The van der Waals surface area contributed by atoms with Gasteiger partial charge in [0.05, 0.1) is 12.3 Å². The molecule has 0 atom stereocenters. The van der Waals surface area contributed by atoms with Gasteiger partial charge in [0.2, 0.25) is 5.76 Å². The van der Waals surface area contributed by atoms with Crippen LogP contribution in [0.3, 0.4) is 0 Å². The third-order valence-electron chi connectivity index (χ3n) is 4.01. The molecule has 0 N–H and O–H groups in total. The highest BCUT2D eigenvalue weighted by Gasteiger charge is 2.22. The Morgan fingerprint density at radius 3 is 2.89 bits per heavy atom. The van der Waals surface area contributed by atoms with E-state index < -0.39 is 5.97 Å². The summed E-state index contributed by atoms with van der Waals surface area (Å²) in [6.45, 7) is 2.87. The van der Waals surface area contributed by atoms with Crippen molar-refractivity contribution in [2.45, 2.75) is 20.1 Å². The molecule has 4 rings (SSSR count). The van der Waals surface area contributed by atoms with E-state index in [0.29, 0.717) is 18.8 Å². The topological polar surface area (TPSA) is 61.6 Å². The molecule has 0 saturated carbocycles. The van der Waals surface area contributed by atoms with E-state index in [1.807, 2.05) is 53.4 Å². The fourth-order valence-corrected chi connectivity index (χ4v) is 4.22. The second kappa shape index (κ2) is 8.04. The normalized spacial score (nSPS) is 11.1. The number of benzene rings is 1. The van der Waals surface area contributed by atoms with Gasteiger partial charge in [-0.15, -0.1) is 11.3 Å². The second-order valence-electron chi connectivity index (χ2n) is 5.78. The summed E-state index contributed by atoms with van der Waals surface area (Å²) in [7, 11) is 0. The lowest BCUT2D eigenvalue weighted by Crippen LogP contribution is -2.07. The van der Waals surface area contributed by atoms with Gasteiger partial charge in [-0.25, -0.2) is 9.78 Å². The van der Waals surface area contributed by atoms with Crippen LogP contribution in [0.2, 0.25) is 0 Å². The van der Waals surface area contributed by atoms with Crippen molar-refractivity contribution in [1.82, 2.24) is 4.98 Å². The Hall–Kier alpha value is -2.48. The minimum atomic E-state index is -0.508. The number of furan rings is 1. The van der Waals surface area contributed by atoms with E-state index in [1.165, 1.54) is 11.3 Å². The maximum Gasteiger partial charge on any atom is 0.375 e. The number of thiophene rings is 1. The molecule has 0 amide bonds. The zero-order valence-corrected chi connectivity index (χ0v) is 16.3. The van der Waals surface area contributed by atoms with E-state index in [9.17, 15) is 4.79 Å². The van der Waals surface area contributed by atoms with Gasteiger partial charge in [-0.1, -0.05) is 18.2 Å². The van der Waals surface area contributed by atoms with Crippen LogP contribution in [0.1, 0.15) is 28.7 Å². The molecule has 27 heavy (non-hydrogen) atoms. The fourth-order valence-electron chi connectivity index (χ4n) is 2.71. The summed E-state index contributed by atoms with van der Waals surface area (Å²) >= 11 is 3.16. The first-order valence-corrected chi connectivity index (χ1v) is 10.3. The second-order valence-corrected chi connectivity index (χ2v) is 7.41. The smallest absolute Gasteiger partial charge is 0.375 e. The Morgan fingerprint density at radius 2 is 2.07 bits per heavy atom. The maximum absolute atomic E-state index is 12.6. The number of carbonyl (C=O) groups is 1. The molecule has 0 aliphatic rings. The van der Waals surface area contributed by atoms with Gasteiger partial charge in [-0.05, 0) is 24.4 Å². The molecule has 0 aliphatic heterocycles. The number of ether oxygens (including phenoxy) is 2. The quantitative estimate of drug-likeness (QED) is 0.383. The van der Waals surface area contributed by atoms with Crippen LogP contribution < -0.4 is 0 Å². The van der Waals surface area contributed by atoms with Crippen LogP contribution >= 0.6 is 22.7 Å². The minimum Gasteiger partial charge on any atom is -0.453 e. The van der Waals surface area contributed by atoms with Crippen LogP contribution in [0.5, 0.6) is 0 Å². The largest absolute Gasteiger partial charge is 0.453 e. The molecule has 0 radical (unpaired) electrons. The van der Waals surface area contributed by atoms with Gasteiger partial charge >= 0.3 is 5.97 Å². The highest BCUT2D eigenvalue weighted by atomic mass is 32.1. The van der Waals surface area contributed by atoms with E-state index in [4.69, 9.17) is 13.9 Å². The zero-order chi connectivity index (χ0) is 18.6. The van der Waals surface area contributed by atoms with Crippen LogP contribution in [0.25, 0.3) is 21.5 Å². The Bertz CT molecular complexity index is 1050. The molecule has 0 aliphatic carbocycles. The van der Waals surface area contributed by atoms with Gasteiger partial charge in [0.15, 0.2) is 0 Å². The molecule has 3 aromatic heterocycles. The first-order chi connectivity index (χ1) is 13.3. The lowest BCUT2D eigenvalue weighted by Gasteiger charge is -2.04. The molecule has 0 bridgehead atoms. The van der Waals surface area contributed by atoms with Crippen molar-refractivity contribution in [3.05, 3.63) is 63.5 Å². The Morgan fingerprint density at radius 1 is 1.19 bits per heavy atom. The highest BCUT2D eigenvalue weighted by Crippen LogP contribution is 2.28. The van der Waals surface area contributed by atoms with Gasteiger partial charge in [0.25, 0.3) is 0 Å². The van der Waals surface area contributed by atoms with E-state index in [-0.39, 0.29) is 12.4 Å². The third kappa shape index (κ3) is 3.80. The molecule has 0 spiro atoms. The van der Waals surface area contributed by atoms with Crippen molar-refractivity contribution in [1.29, 1.82) is 0 Å². The lowest BCUT2D eigenvalue weighted by molar-refractivity contribution is 0.0426. The zero-order valence-electron chi connectivity index (χ0n) is 14.6. The number of para-hydroxylation sites is 1. The summed E-state index contributed by atoms with van der Waals surface area (Å²) in [5.74, 6) is -0.316. The molecular formula is C20H17NO4S2. The number of nitrogens with zero attached hydrogens (tertiary/aromatic N) is 1. The third-order valence-corrected chi connectivity index (χ3v) is 5.63. The monoisotopic (exact) mass is 399 g/mol. The van der Waals surface area contributed by atoms with Crippen LogP contribution in [-0.4, -0.2) is 17.6 Å².